The minimum Gasteiger partial charge on any atom is -0.336 e. The highest BCUT2D eigenvalue weighted by Crippen LogP contribution is 2.33. The number of benzene rings is 1. The van der Waals surface area contributed by atoms with Gasteiger partial charge in [0.25, 0.3) is 5.91 Å². The predicted octanol–water partition coefficient (Wildman–Crippen LogP) is 2.19. The number of hydrogen-bond donors (Lipinski definition) is 1. The van der Waals surface area contributed by atoms with Crippen LogP contribution >= 0.6 is 0 Å². The fourth-order valence-electron chi connectivity index (χ4n) is 3.60. The van der Waals surface area contributed by atoms with Crippen molar-refractivity contribution >= 4 is 11.8 Å². The second-order valence-corrected chi connectivity index (χ2v) is 6.31. The van der Waals surface area contributed by atoms with Crippen molar-refractivity contribution in [2.24, 2.45) is 0 Å². The molecule has 0 bridgehead atoms. The van der Waals surface area contributed by atoms with E-state index in [1.165, 1.54) is 0 Å². The minimum absolute atomic E-state index is 0.0210. The van der Waals surface area contributed by atoms with Crippen molar-refractivity contribution in [2.45, 2.75) is 57.2 Å². The van der Waals surface area contributed by atoms with Crippen LogP contribution in [0.1, 0.15) is 45.1 Å². The Morgan fingerprint density at radius 3 is 2.38 bits per heavy atom. The standard InChI is InChI=1S/C17H22N2O2/c1-12-15(20)18-17(2,13-8-4-3-5-9-13)16(21)19(12)14-10-6-7-11-14/h3-5,8-9,12,14H,6-7,10-11H2,1-2H3,(H,18,20). The number of rotatable bonds is 2. The molecule has 1 saturated heterocycles. The summed E-state index contributed by atoms with van der Waals surface area (Å²) in [5, 5.41) is 2.93. The molecule has 2 unspecified atom stereocenters. The number of nitrogens with one attached hydrogen (secondary N) is 1. The summed E-state index contributed by atoms with van der Waals surface area (Å²) < 4.78 is 0. The molecule has 1 N–H and O–H groups in total. The summed E-state index contributed by atoms with van der Waals surface area (Å²) in [6.45, 7) is 3.65. The van der Waals surface area contributed by atoms with E-state index in [1.54, 1.807) is 0 Å². The molecular formula is C17H22N2O2. The van der Waals surface area contributed by atoms with Crippen LogP contribution in [0.5, 0.6) is 0 Å². The second-order valence-electron chi connectivity index (χ2n) is 6.31. The van der Waals surface area contributed by atoms with Gasteiger partial charge in [-0.15, -0.1) is 0 Å². The molecule has 1 aliphatic carbocycles. The average molecular weight is 286 g/mol. The zero-order chi connectivity index (χ0) is 15.0. The van der Waals surface area contributed by atoms with Crippen molar-refractivity contribution in [1.82, 2.24) is 10.2 Å². The Bertz CT molecular complexity index is 551. The van der Waals surface area contributed by atoms with Gasteiger partial charge in [-0.2, -0.15) is 0 Å². The van der Waals surface area contributed by atoms with E-state index in [4.69, 9.17) is 0 Å². The Balaban J connectivity index is 1.99. The SMILES string of the molecule is CC1C(=O)NC(C)(c2ccccc2)C(=O)N1C1CCCC1. The lowest BCUT2D eigenvalue weighted by molar-refractivity contribution is -0.156. The van der Waals surface area contributed by atoms with Gasteiger partial charge in [-0.25, -0.2) is 0 Å². The third kappa shape index (κ3) is 2.23. The molecule has 0 radical (unpaired) electrons. The van der Waals surface area contributed by atoms with E-state index >= 15 is 0 Å². The molecule has 21 heavy (non-hydrogen) atoms. The van der Waals surface area contributed by atoms with Crippen LogP contribution in [0.25, 0.3) is 0 Å². The van der Waals surface area contributed by atoms with Gasteiger partial charge in [-0.05, 0) is 32.3 Å². The number of hydrogen-bond acceptors (Lipinski definition) is 2. The molecule has 1 aromatic carbocycles. The fourth-order valence-corrected chi connectivity index (χ4v) is 3.60. The molecule has 0 aromatic heterocycles. The van der Waals surface area contributed by atoms with Crippen LogP contribution in [0.3, 0.4) is 0 Å². The van der Waals surface area contributed by atoms with Gasteiger partial charge in [0, 0.05) is 6.04 Å². The molecular weight excluding hydrogens is 264 g/mol. The van der Waals surface area contributed by atoms with Gasteiger partial charge in [-0.1, -0.05) is 43.2 Å². The smallest absolute Gasteiger partial charge is 0.253 e. The first kappa shape index (κ1) is 14.1. The second kappa shape index (κ2) is 5.17. The summed E-state index contributed by atoms with van der Waals surface area (Å²) in [6, 6.07) is 9.36. The number of carbonyl (C=O) groups excluding carboxylic acids is 2. The number of amides is 2. The van der Waals surface area contributed by atoms with Crippen molar-refractivity contribution in [3.05, 3.63) is 35.9 Å². The summed E-state index contributed by atoms with van der Waals surface area (Å²) in [5.41, 5.74) is -0.105. The van der Waals surface area contributed by atoms with Gasteiger partial charge in [-0.3, -0.25) is 9.59 Å². The number of nitrogens with zero attached hydrogens (tertiary/aromatic N) is 1. The van der Waals surface area contributed by atoms with E-state index in [2.05, 4.69) is 5.32 Å². The molecule has 2 amide bonds. The maximum Gasteiger partial charge on any atom is 0.253 e. The number of piperazine rings is 1. The van der Waals surface area contributed by atoms with Gasteiger partial charge in [0.05, 0.1) is 0 Å². The first-order valence-corrected chi connectivity index (χ1v) is 7.74. The van der Waals surface area contributed by atoms with Crippen molar-refractivity contribution in [3.63, 3.8) is 0 Å². The summed E-state index contributed by atoms with van der Waals surface area (Å²) >= 11 is 0. The summed E-state index contributed by atoms with van der Waals surface area (Å²) in [4.78, 5) is 27.3. The number of carbonyl (C=O) groups is 2. The minimum atomic E-state index is -0.951. The normalized spacial score (nSPS) is 30.6. The lowest BCUT2D eigenvalue weighted by atomic mass is 9.86. The molecule has 1 aliphatic heterocycles. The zero-order valence-electron chi connectivity index (χ0n) is 12.6. The predicted molar refractivity (Wildman–Crippen MR) is 80.5 cm³/mol. The van der Waals surface area contributed by atoms with Gasteiger partial charge in [0.15, 0.2) is 0 Å². The van der Waals surface area contributed by atoms with Crippen LogP contribution < -0.4 is 5.32 Å². The van der Waals surface area contributed by atoms with Gasteiger partial charge < -0.3 is 10.2 Å². The summed E-state index contributed by atoms with van der Waals surface area (Å²) in [7, 11) is 0. The monoisotopic (exact) mass is 286 g/mol. The van der Waals surface area contributed by atoms with Crippen molar-refractivity contribution in [2.75, 3.05) is 0 Å². The van der Waals surface area contributed by atoms with Crippen LogP contribution in [-0.2, 0) is 15.1 Å². The maximum absolute atomic E-state index is 13.1. The van der Waals surface area contributed by atoms with Gasteiger partial charge >= 0.3 is 0 Å². The lowest BCUT2D eigenvalue weighted by Gasteiger charge is -2.46. The fraction of sp³-hybridized carbons (Fsp3) is 0.529. The molecule has 1 heterocycles. The third-order valence-corrected chi connectivity index (χ3v) is 4.90. The van der Waals surface area contributed by atoms with E-state index < -0.39 is 5.54 Å². The van der Waals surface area contributed by atoms with Crippen molar-refractivity contribution in [1.29, 1.82) is 0 Å². The molecule has 0 spiro atoms. The largest absolute Gasteiger partial charge is 0.336 e. The Kier molecular flexibility index (Phi) is 3.47. The summed E-state index contributed by atoms with van der Waals surface area (Å²) in [5.74, 6) is -0.0412. The van der Waals surface area contributed by atoms with E-state index in [-0.39, 0.29) is 23.9 Å². The van der Waals surface area contributed by atoms with Crippen LogP contribution in [0, 0.1) is 0 Å². The molecule has 2 atom stereocenters. The van der Waals surface area contributed by atoms with Crippen molar-refractivity contribution in [3.8, 4) is 0 Å². The Hall–Kier alpha value is -1.84. The first-order valence-electron chi connectivity index (χ1n) is 7.74. The lowest BCUT2D eigenvalue weighted by Crippen LogP contribution is -2.68. The quantitative estimate of drug-likeness (QED) is 0.906. The Morgan fingerprint density at radius 1 is 1.14 bits per heavy atom. The molecule has 1 aromatic rings. The van der Waals surface area contributed by atoms with Gasteiger partial charge in [0.2, 0.25) is 5.91 Å². The zero-order valence-corrected chi connectivity index (χ0v) is 12.6. The molecule has 112 valence electrons. The van der Waals surface area contributed by atoms with Crippen LogP contribution in [0.2, 0.25) is 0 Å². The van der Waals surface area contributed by atoms with E-state index in [1.807, 2.05) is 49.1 Å². The Morgan fingerprint density at radius 2 is 1.76 bits per heavy atom. The molecule has 2 fully saturated rings. The van der Waals surface area contributed by atoms with E-state index in [0.717, 1.165) is 31.2 Å². The topological polar surface area (TPSA) is 49.4 Å². The summed E-state index contributed by atoms with van der Waals surface area (Å²) in [6.07, 6.45) is 4.30. The highest BCUT2D eigenvalue weighted by molar-refractivity contribution is 6.00. The Labute approximate surface area is 125 Å². The van der Waals surface area contributed by atoms with Crippen LogP contribution in [0.15, 0.2) is 30.3 Å². The highest BCUT2D eigenvalue weighted by Gasteiger charge is 2.49. The molecule has 2 aliphatic rings. The first-order chi connectivity index (χ1) is 10.0. The van der Waals surface area contributed by atoms with Crippen LogP contribution in [-0.4, -0.2) is 28.8 Å². The molecule has 1 saturated carbocycles. The van der Waals surface area contributed by atoms with Crippen molar-refractivity contribution < 1.29 is 9.59 Å². The van der Waals surface area contributed by atoms with Gasteiger partial charge in [0.1, 0.15) is 11.6 Å². The molecule has 4 heteroatoms. The third-order valence-electron chi connectivity index (χ3n) is 4.90. The van der Waals surface area contributed by atoms with E-state index in [9.17, 15) is 9.59 Å². The highest BCUT2D eigenvalue weighted by atomic mass is 16.2. The average Bonchev–Trinajstić information content (AvgIpc) is 3.00. The van der Waals surface area contributed by atoms with Crippen LogP contribution in [0.4, 0.5) is 0 Å². The molecule has 3 rings (SSSR count). The maximum atomic E-state index is 13.1. The molecule has 4 nitrogen and oxygen atoms in total. The van der Waals surface area contributed by atoms with E-state index in [0.29, 0.717) is 0 Å².